The van der Waals surface area contributed by atoms with E-state index < -0.39 is 0 Å². The monoisotopic (exact) mass is 344 g/mol. The second kappa shape index (κ2) is 6.67. The molecular weight excluding hydrogens is 324 g/mol. The number of β-amino-alcohol motifs (C(OH)–C–C–N with tert-alkyl or cyclic N) is 1. The molecule has 0 amide bonds. The van der Waals surface area contributed by atoms with Crippen molar-refractivity contribution >= 4 is 17.4 Å². The van der Waals surface area contributed by atoms with Crippen LogP contribution in [-0.4, -0.2) is 58.3 Å². The molecule has 0 aliphatic carbocycles. The number of rotatable bonds is 3. The maximum absolute atomic E-state index is 9.46. The summed E-state index contributed by atoms with van der Waals surface area (Å²) in [5, 5.41) is 10.2. The van der Waals surface area contributed by atoms with Crippen molar-refractivity contribution in [2.75, 3.05) is 31.1 Å². The van der Waals surface area contributed by atoms with Crippen LogP contribution < -0.4 is 4.90 Å². The summed E-state index contributed by atoms with van der Waals surface area (Å²) in [6, 6.07) is 10.4. The molecule has 0 radical (unpaired) electrons. The van der Waals surface area contributed by atoms with Crippen LogP contribution in [0, 0.1) is 0 Å². The summed E-state index contributed by atoms with van der Waals surface area (Å²) in [7, 11) is 0. The van der Waals surface area contributed by atoms with Crippen molar-refractivity contribution in [1.82, 2.24) is 14.9 Å². The van der Waals surface area contributed by atoms with Crippen molar-refractivity contribution in [3.63, 3.8) is 0 Å². The van der Waals surface area contributed by atoms with Crippen LogP contribution in [0.2, 0.25) is 5.02 Å². The summed E-state index contributed by atoms with van der Waals surface area (Å²) in [5.41, 5.74) is 1.91. The lowest BCUT2D eigenvalue weighted by molar-refractivity contribution is -0.0301. The minimum Gasteiger partial charge on any atom is -0.390 e. The van der Waals surface area contributed by atoms with Crippen LogP contribution in [0.3, 0.4) is 0 Å². The summed E-state index contributed by atoms with van der Waals surface area (Å²) in [6.07, 6.45) is 3.74. The number of anilines is 1. The van der Waals surface area contributed by atoms with Crippen LogP contribution in [0.25, 0.3) is 11.3 Å². The first-order chi connectivity index (χ1) is 11.7. The van der Waals surface area contributed by atoms with E-state index in [4.69, 9.17) is 11.6 Å². The molecule has 1 aromatic carbocycles. The van der Waals surface area contributed by atoms with Crippen LogP contribution in [0.4, 0.5) is 5.82 Å². The number of likely N-dealkylation sites (tertiary alicyclic amines) is 1. The normalized spacial score (nSPS) is 20.2. The number of aliphatic hydroxyl groups excluding tert-OH is 1. The van der Waals surface area contributed by atoms with Crippen LogP contribution in [0.15, 0.2) is 36.7 Å². The Balaban J connectivity index is 1.45. The number of aromatic nitrogens is 2. The Labute approximate surface area is 146 Å². The molecule has 0 atom stereocenters. The van der Waals surface area contributed by atoms with E-state index in [9.17, 15) is 5.11 Å². The second-order valence-electron chi connectivity index (χ2n) is 6.60. The zero-order valence-corrected chi connectivity index (χ0v) is 14.2. The summed E-state index contributed by atoms with van der Waals surface area (Å²) in [5.74, 6) is 0.974. The number of aliphatic hydroxyl groups is 1. The Hall–Kier alpha value is -1.69. The van der Waals surface area contributed by atoms with E-state index in [1.165, 1.54) is 0 Å². The minimum absolute atomic E-state index is 0.120. The Morgan fingerprint density at radius 1 is 1.08 bits per heavy atom. The van der Waals surface area contributed by atoms with Gasteiger partial charge in [0.25, 0.3) is 0 Å². The van der Waals surface area contributed by atoms with Crippen LogP contribution in [0.5, 0.6) is 0 Å². The Kier molecular flexibility index (Phi) is 4.39. The van der Waals surface area contributed by atoms with Gasteiger partial charge < -0.3 is 10.0 Å². The molecule has 0 bridgehead atoms. The molecule has 4 rings (SSSR count). The van der Waals surface area contributed by atoms with E-state index in [0.717, 1.165) is 56.1 Å². The zero-order valence-electron chi connectivity index (χ0n) is 13.5. The van der Waals surface area contributed by atoms with E-state index in [0.29, 0.717) is 11.1 Å². The standard InChI is InChI=1S/C18H21ClN4O/c19-14-3-1-2-13(8-14)17-9-18(21-12-20-17)22-6-4-15(5-7-22)23-10-16(24)11-23/h1-3,8-9,12,15-16,24H,4-7,10-11H2. The molecule has 2 saturated heterocycles. The largest absolute Gasteiger partial charge is 0.390 e. The van der Waals surface area contributed by atoms with Gasteiger partial charge in [-0.25, -0.2) is 9.97 Å². The SMILES string of the molecule is OC1CN(C2CCN(c3cc(-c4cccc(Cl)c4)ncn3)CC2)C1. The topological polar surface area (TPSA) is 52.5 Å². The first kappa shape index (κ1) is 15.8. The molecule has 2 aliphatic rings. The van der Waals surface area contributed by atoms with Crippen molar-refractivity contribution in [1.29, 1.82) is 0 Å². The number of hydrogen-bond donors (Lipinski definition) is 1. The van der Waals surface area contributed by atoms with Crippen molar-refractivity contribution in [2.24, 2.45) is 0 Å². The van der Waals surface area contributed by atoms with Gasteiger partial charge in [0.05, 0.1) is 11.8 Å². The molecule has 0 unspecified atom stereocenters. The van der Waals surface area contributed by atoms with E-state index >= 15 is 0 Å². The molecule has 2 aliphatic heterocycles. The first-order valence-corrected chi connectivity index (χ1v) is 8.82. The Morgan fingerprint density at radius 3 is 2.58 bits per heavy atom. The molecule has 5 nitrogen and oxygen atoms in total. The van der Waals surface area contributed by atoms with Gasteiger partial charge in [-0.2, -0.15) is 0 Å². The third-order valence-corrected chi connectivity index (χ3v) is 5.20. The Bertz CT molecular complexity index is 712. The molecule has 3 heterocycles. The number of piperidine rings is 1. The summed E-state index contributed by atoms with van der Waals surface area (Å²) >= 11 is 6.08. The van der Waals surface area contributed by atoms with E-state index in [-0.39, 0.29) is 6.10 Å². The van der Waals surface area contributed by atoms with Crippen molar-refractivity contribution in [3.05, 3.63) is 41.7 Å². The van der Waals surface area contributed by atoms with Gasteiger partial charge >= 0.3 is 0 Å². The molecule has 2 fully saturated rings. The number of nitrogens with zero attached hydrogens (tertiary/aromatic N) is 4. The van der Waals surface area contributed by atoms with E-state index in [1.54, 1.807) is 6.33 Å². The third kappa shape index (κ3) is 3.24. The van der Waals surface area contributed by atoms with Gasteiger partial charge in [0.1, 0.15) is 12.1 Å². The molecule has 0 spiro atoms. The Morgan fingerprint density at radius 2 is 1.88 bits per heavy atom. The van der Waals surface area contributed by atoms with E-state index in [1.807, 2.05) is 30.3 Å². The van der Waals surface area contributed by atoms with E-state index in [2.05, 4.69) is 19.8 Å². The number of halogens is 1. The quantitative estimate of drug-likeness (QED) is 0.926. The highest BCUT2D eigenvalue weighted by molar-refractivity contribution is 6.30. The summed E-state index contributed by atoms with van der Waals surface area (Å²) in [4.78, 5) is 13.6. The average molecular weight is 345 g/mol. The highest BCUT2D eigenvalue weighted by Gasteiger charge is 2.33. The molecule has 126 valence electrons. The summed E-state index contributed by atoms with van der Waals surface area (Å²) < 4.78 is 0. The van der Waals surface area contributed by atoms with Crippen LogP contribution in [-0.2, 0) is 0 Å². The van der Waals surface area contributed by atoms with Gasteiger partial charge in [-0.05, 0) is 25.0 Å². The first-order valence-electron chi connectivity index (χ1n) is 8.44. The number of hydrogen-bond acceptors (Lipinski definition) is 5. The van der Waals surface area contributed by atoms with Crippen molar-refractivity contribution in [2.45, 2.75) is 25.0 Å². The summed E-state index contributed by atoms with van der Waals surface area (Å²) in [6.45, 7) is 3.64. The van der Waals surface area contributed by atoms with Crippen molar-refractivity contribution in [3.8, 4) is 11.3 Å². The van der Waals surface area contributed by atoms with Gasteiger partial charge in [0, 0.05) is 48.9 Å². The molecular formula is C18H21ClN4O. The van der Waals surface area contributed by atoms with Crippen LogP contribution >= 0.6 is 11.6 Å². The fourth-order valence-electron chi connectivity index (χ4n) is 3.57. The smallest absolute Gasteiger partial charge is 0.132 e. The lowest BCUT2D eigenvalue weighted by Crippen LogP contribution is -2.57. The van der Waals surface area contributed by atoms with Crippen LogP contribution in [0.1, 0.15) is 12.8 Å². The average Bonchev–Trinajstić information content (AvgIpc) is 2.59. The fourth-order valence-corrected chi connectivity index (χ4v) is 3.76. The predicted molar refractivity (Wildman–Crippen MR) is 95.3 cm³/mol. The molecule has 1 aromatic heterocycles. The van der Waals surface area contributed by atoms with Gasteiger partial charge in [-0.3, -0.25) is 4.90 Å². The maximum atomic E-state index is 9.46. The molecule has 6 heteroatoms. The van der Waals surface area contributed by atoms with Gasteiger partial charge in [-0.1, -0.05) is 23.7 Å². The number of benzene rings is 1. The second-order valence-corrected chi connectivity index (χ2v) is 7.03. The maximum Gasteiger partial charge on any atom is 0.132 e. The van der Waals surface area contributed by atoms with Gasteiger partial charge in [-0.15, -0.1) is 0 Å². The zero-order chi connectivity index (χ0) is 16.5. The highest BCUT2D eigenvalue weighted by Crippen LogP contribution is 2.27. The minimum atomic E-state index is -0.120. The van der Waals surface area contributed by atoms with Gasteiger partial charge in [0.2, 0.25) is 0 Å². The fraction of sp³-hybridized carbons (Fsp3) is 0.444. The molecule has 24 heavy (non-hydrogen) atoms. The van der Waals surface area contributed by atoms with Gasteiger partial charge in [0.15, 0.2) is 0 Å². The lowest BCUT2D eigenvalue weighted by Gasteiger charge is -2.45. The molecule has 1 N–H and O–H groups in total. The predicted octanol–water partition coefficient (Wildman–Crippen LogP) is 2.44. The third-order valence-electron chi connectivity index (χ3n) is 4.97. The molecule has 2 aromatic rings. The molecule has 0 saturated carbocycles. The van der Waals surface area contributed by atoms with Crippen molar-refractivity contribution < 1.29 is 5.11 Å². The lowest BCUT2D eigenvalue weighted by atomic mass is 9.98. The highest BCUT2D eigenvalue weighted by atomic mass is 35.5.